The Balaban J connectivity index is 1.62. The fourth-order valence-corrected chi connectivity index (χ4v) is 5.68. The van der Waals surface area contributed by atoms with Gasteiger partial charge in [0.2, 0.25) is 5.91 Å². The monoisotopic (exact) mass is 438 g/mol. The lowest BCUT2D eigenvalue weighted by atomic mass is 9.82. The second-order valence-electron chi connectivity index (χ2n) is 8.22. The molecule has 0 saturated carbocycles. The van der Waals surface area contributed by atoms with E-state index in [1.807, 2.05) is 43.3 Å². The number of carboxylic acid groups (broad SMARTS) is 1. The van der Waals surface area contributed by atoms with Crippen molar-refractivity contribution in [2.24, 2.45) is 11.8 Å². The first-order chi connectivity index (χ1) is 14.9. The fraction of sp³-hybridized carbons (Fsp3) is 0.375. The molecule has 0 aliphatic heterocycles. The van der Waals surface area contributed by atoms with Crippen LogP contribution >= 0.6 is 11.3 Å². The molecule has 0 radical (unpaired) electrons. The van der Waals surface area contributed by atoms with E-state index in [0.717, 1.165) is 41.7 Å². The number of carboxylic acids is 1. The van der Waals surface area contributed by atoms with Gasteiger partial charge in [-0.1, -0.05) is 24.3 Å². The van der Waals surface area contributed by atoms with Crippen LogP contribution < -0.4 is 10.6 Å². The van der Waals surface area contributed by atoms with Gasteiger partial charge >= 0.3 is 5.97 Å². The van der Waals surface area contributed by atoms with Crippen molar-refractivity contribution in [3.8, 4) is 0 Å². The maximum absolute atomic E-state index is 13.2. The molecule has 7 heteroatoms. The quantitative estimate of drug-likeness (QED) is 0.585. The predicted octanol–water partition coefficient (Wildman–Crippen LogP) is 4.79. The average molecular weight is 439 g/mol. The number of aliphatic carboxylic acids is 1. The van der Waals surface area contributed by atoms with Crippen molar-refractivity contribution in [2.75, 3.05) is 10.6 Å². The van der Waals surface area contributed by atoms with Crippen LogP contribution in [0.3, 0.4) is 0 Å². The Morgan fingerprint density at radius 2 is 1.77 bits per heavy atom. The number of anilines is 2. The summed E-state index contributed by atoms with van der Waals surface area (Å²) in [5, 5.41) is 15.9. The molecule has 0 saturated heterocycles. The molecule has 31 heavy (non-hydrogen) atoms. The molecule has 0 fully saturated rings. The number of aryl methyl sites for hydroxylation is 2. The molecule has 1 heterocycles. The summed E-state index contributed by atoms with van der Waals surface area (Å²) >= 11 is 1.45. The van der Waals surface area contributed by atoms with E-state index in [1.54, 1.807) is 0 Å². The molecule has 0 spiro atoms. The number of carbonyl (C=O) groups excluding carboxylic acids is 2. The molecule has 2 aromatic rings. The van der Waals surface area contributed by atoms with Crippen molar-refractivity contribution in [1.82, 2.24) is 0 Å². The minimum Gasteiger partial charge on any atom is -0.481 e. The molecule has 2 atom stereocenters. The average Bonchev–Trinajstić information content (AvgIpc) is 3.11. The van der Waals surface area contributed by atoms with Gasteiger partial charge in [-0.05, 0) is 68.7 Å². The van der Waals surface area contributed by atoms with Gasteiger partial charge in [-0.25, -0.2) is 0 Å². The molecule has 2 aliphatic rings. The third kappa shape index (κ3) is 4.56. The van der Waals surface area contributed by atoms with Crippen molar-refractivity contribution in [3.05, 3.63) is 58.0 Å². The zero-order valence-electron chi connectivity index (χ0n) is 17.4. The van der Waals surface area contributed by atoms with Crippen LogP contribution in [-0.4, -0.2) is 22.9 Å². The molecule has 1 aromatic heterocycles. The molecule has 162 valence electrons. The number of hydrogen-bond donors (Lipinski definition) is 3. The summed E-state index contributed by atoms with van der Waals surface area (Å²) in [6.45, 7) is 1.96. The van der Waals surface area contributed by atoms with Crippen molar-refractivity contribution < 1.29 is 19.5 Å². The van der Waals surface area contributed by atoms with E-state index in [1.165, 1.54) is 11.3 Å². The summed E-state index contributed by atoms with van der Waals surface area (Å²) in [6, 6.07) is 7.60. The van der Waals surface area contributed by atoms with Gasteiger partial charge in [-0.2, -0.15) is 0 Å². The normalized spacial score (nSPS) is 20.0. The van der Waals surface area contributed by atoms with Crippen LogP contribution in [0.4, 0.5) is 10.7 Å². The molecule has 0 unspecified atom stereocenters. The Morgan fingerprint density at radius 3 is 2.52 bits per heavy atom. The summed E-state index contributed by atoms with van der Waals surface area (Å²) in [4.78, 5) is 39.0. The highest BCUT2D eigenvalue weighted by molar-refractivity contribution is 7.17. The molecule has 3 N–H and O–H groups in total. The van der Waals surface area contributed by atoms with Gasteiger partial charge in [0.25, 0.3) is 5.91 Å². The van der Waals surface area contributed by atoms with Gasteiger partial charge < -0.3 is 15.7 Å². The van der Waals surface area contributed by atoms with Gasteiger partial charge in [0, 0.05) is 10.6 Å². The molecule has 0 bridgehead atoms. The van der Waals surface area contributed by atoms with Gasteiger partial charge in [0.05, 0.1) is 17.4 Å². The summed E-state index contributed by atoms with van der Waals surface area (Å²) in [5.41, 5.74) is 3.29. The first-order valence-electron chi connectivity index (χ1n) is 10.6. The highest BCUT2D eigenvalue weighted by atomic mass is 32.1. The van der Waals surface area contributed by atoms with Gasteiger partial charge in [-0.3, -0.25) is 14.4 Å². The molecular formula is C24H26N2O4S. The van der Waals surface area contributed by atoms with Gasteiger partial charge in [0.1, 0.15) is 5.00 Å². The topological polar surface area (TPSA) is 95.5 Å². The highest BCUT2D eigenvalue weighted by Gasteiger charge is 2.35. The Bertz CT molecular complexity index is 1060. The number of nitrogens with one attached hydrogen (secondary N) is 2. The van der Waals surface area contributed by atoms with E-state index in [9.17, 15) is 19.5 Å². The second kappa shape index (κ2) is 9.06. The smallest absolute Gasteiger partial charge is 0.307 e. The van der Waals surface area contributed by atoms with Crippen LogP contribution in [0.5, 0.6) is 0 Å². The number of benzene rings is 1. The van der Waals surface area contributed by atoms with E-state index in [4.69, 9.17) is 0 Å². The Kier molecular flexibility index (Phi) is 6.23. The molecular weight excluding hydrogens is 412 g/mol. The minimum atomic E-state index is -0.965. The van der Waals surface area contributed by atoms with Crippen molar-refractivity contribution in [3.63, 3.8) is 0 Å². The summed E-state index contributed by atoms with van der Waals surface area (Å²) in [6.07, 6.45) is 8.17. The number of amides is 2. The van der Waals surface area contributed by atoms with Crippen LogP contribution in [-0.2, 0) is 22.4 Å². The predicted molar refractivity (Wildman–Crippen MR) is 122 cm³/mol. The summed E-state index contributed by atoms with van der Waals surface area (Å²) < 4.78 is 0. The van der Waals surface area contributed by atoms with Crippen LogP contribution in [0.1, 0.15) is 52.0 Å². The van der Waals surface area contributed by atoms with Crippen molar-refractivity contribution >= 4 is 39.8 Å². The zero-order chi connectivity index (χ0) is 22.0. The molecule has 4 rings (SSSR count). The standard InChI is InChI=1S/C24H26N2O4S/c1-14-7-6-8-15(13-14)25-22(28)20-18-11-4-5-12-19(18)31-23(20)26-21(27)16-9-2-3-10-17(16)24(29)30/h2-3,6-8,13,16-17H,4-5,9-12H2,1H3,(H,25,28)(H,26,27)(H,29,30)/t16-,17-/m0/s1. The number of fused-ring (bicyclic) bond motifs is 1. The third-order valence-corrected chi connectivity index (χ3v) is 7.20. The summed E-state index contributed by atoms with van der Waals surface area (Å²) in [5.74, 6) is -2.93. The zero-order valence-corrected chi connectivity index (χ0v) is 18.3. The lowest BCUT2D eigenvalue weighted by molar-refractivity contribution is -0.146. The van der Waals surface area contributed by atoms with E-state index in [2.05, 4.69) is 10.6 Å². The van der Waals surface area contributed by atoms with Crippen LogP contribution in [0, 0.1) is 18.8 Å². The summed E-state index contributed by atoms with van der Waals surface area (Å²) in [7, 11) is 0. The van der Waals surface area contributed by atoms with Crippen molar-refractivity contribution in [1.29, 1.82) is 0 Å². The van der Waals surface area contributed by atoms with Crippen LogP contribution in [0.2, 0.25) is 0 Å². The second-order valence-corrected chi connectivity index (χ2v) is 9.33. The van der Waals surface area contributed by atoms with E-state index in [-0.39, 0.29) is 11.8 Å². The van der Waals surface area contributed by atoms with Crippen molar-refractivity contribution in [2.45, 2.75) is 45.4 Å². The number of carbonyl (C=O) groups is 3. The number of thiophene rings is 1. The maximum Gasteiger partial charge on any atom is 0.307 e. The van der Waals surface area contributed by atoms with Gasteiger partial charge in [0.15, 0.2) is 0 Å². The molecule has 2 amide bonds. The first kappa shape index (κ1) is 21.3. The molecule has 1 aromatic carbocycles. The maximum atomic E-state index is 13.2. The number of allylic oxidation sites excluding steroid dienone is 2. The third-order valence-electron chi connectivity index (χ3n) is 6.00. The van der Waals surface area contributed by atoms with Crippen LogP contribution in [0.15, 0.2) is 36.4 Å². The number of rotatable bonds is 5. The lowest BCUT2D eigenvalue weighted by Gasteiger charge is -2.24. The van der Waals surface area contributed by atoms with Crippen LogP contribution in [0.25, 0.3) is 0 Å². The Morgan fingerprint density at radius 1 is 1.03 bits per heavy atom. The van der Waals surface area contributed by atoms with E-state index in [0.29, 0.717) is 29.1 Å². The highest BCUT2D eigenvalue weighted by Crippen LogP contribution is 2.39. The minimum absolute atomic E-state index is 0.237. The first-order valence-corrected chi connectivity index (χ1v) is 11.5. The van der Waals surface area contributed by atoms with Gasteiger partial charge in [-0.15, -0.1) is 11.3 Å². The fourth-order valence-electron chi connectivity index (χ4n) is 4.39. The lowest BCUT2D eigenvalue weighted by Crippen LogP contribution is -2.35. The Hall–Kier alpha value is -2.93. The molecule has 6 nitrogen and oxygen atoms in total. The SMILES string of the molecule is Cc1cccc(NC(=O)c2c(NC(=O)[C@H]3CC=CC[C@@H]3C(=O)O)sc3c2CCCC3)c1. The molecule has 2 aliphatic carbocycles. The number of hydrogen-bond acceptors (Lipinski definition) is 4. The largest absolute Gasteiger partial charge is 0.481 e. The van der Waals surface area contributed by atoms with E-state index < -0.39 is 17.8 Å². The Labute approximate surface area is 185 Å². The van der Waals surface area contributed by atoms with E-state index >= 15 is 0 Å².